The molecule has 1 saturated heterocycles. The van der Waals surface area contributed by atoms with Crippen molar-refractivity contribution in [1.82, 2.24) is 20.3 Å². The minimum atomic E-state index is -0.238. The minimum Gasteiger partial charge on any atom is -0.379 e. The number of carbonyl (C=O) groups excluding carboxylic acids is 1. The molecule has 1 aliphatic heterocycles. The summed E-state index contributed by atoms with van der Waals surface area (Å²) < 4.78 is 5.98. The van der Waals surface area contributed by atoms with E-state index in [0.717, 1.165) is 38.4 Å². The van der Waals surface area contributed by atoms with Crippen molar-refractivity contribution in [2.45, 2.75) is 20.4 Å². The molecule has 1 aromatic heterocycles. The summed E-state index contributed by atoms with van der Waals surface area (Å²) in [6, 6.07) is 9.54. The molecule has 0 bridgehead atoms. The van der Waals surface area contributed by atoms with Crippen LogP contribution in [0.5, 0.6) is 0 Å². The third-order valence-corrected chi connectivity index (χ3v) is 5.15. The highest BCUT2D eigenvalue weighted by atomic mass is 79.9. The Morgan fingerprint density at radius 3 is 2.67 bits per heavy atom. The molecule has 0 saturated carbocycles. The number of nitrogens with one attached hydrogen (secondary N) is 1. The third-order valence-electron chi connectivity index (χ3n) is 4.59. The summed E-state index contributed by atoms with van der Waals surface area (Å²) in [5, 5.41) is 10.8. The molecule has 0 atom stereocenters. The number of hydrogen-bond donors (Lipinski definition) is 1. The zero-order valence-corrected chi connectivity index (χ0v) is 18.7. The van der Waals surface area contributed by atoms with Crippen molar-refractivity contribution >= 4 is 27.7 Å². The molecule has 30 heavy (non-hydrogen) atoms. The van der Waals surface area contributed by atoms with E-state index in [1.807, 2.05) is 44.2 Å². The quantitative estimate of drug-likeness (QED) is 0.618. The normalized spacial score (nSPS) is 14.4. The molecule has 0 radical (unpaired) electrons. The van der Waals surface area contributed by atoms with Gasteiger partial charge in [-0.1, -0.05) is 26.0 Å². The number of anilines is 1. The van der Waals surface area contributed by atoms with Crippen LogP contribution in [0.15, 0.2) is 34.9 Å². The highest BCUT2D eigenvalue weighted by Crippen LogP contribution is 2.23. The predicted molar refractivity (Wildman–Crippen MR) is 117 cm³/mol. The molecule has 3 rings (SSSR count). The van der Waals surface area contributed by atoms with Crippen molar-refractivity contribution < 1.29 is 9.53 Å². The number of hydrogen-bond acceptors (Lipinski definition) is 7. The molecule has 1 amide bonds. The summed E-state index contributed by atoms with van der Waals surface area (Å²) in [6.07, 6.45) is 1.51. The van der Waals surface area contributed by atoms with Crippen LogP contribution in [0.4, 0.5) is 5.82 Å². The van der Waals surface area contributed by atoms with Crippen LogP contribution in [0.3, 0.4) is 0 Å². The van der Waals surface area contributed by atoms with Crippen LogP contribution in [-0.2, 0) is 11.3 Å². The smallest absolute Gasteiger partial charge is 0.269 e. The van der Waals surface area contributed by atoms with E-state index >= 15 is 0 Å². The van der Waals surface area contributed by atoms with Gasteiger partial charge < -0.3 is 4.74 Å². The van der Waals surface area contributed by atoms with Gasteiger partial charge in [-0.25, -0.2) is 4.98 Å². The fraction of sp³-hybridized carbons (Fsp3) is 0.429. The number of amides is 1. The van der Waals surface area contributed by atoms with Crippen LogP contribution in [0.1, 0.15) is 35.6 Å². The second-order valence-electron chi connectivity index (χ2n) is 7.51. The molecule has 0 spiro atoms. The van der Waals surface area contributed by atoms with Crippen molar-refractivity contribution in [3.63, 3.8) is 0 Å². The van der Waals surface area contributed by atoms with Crippen LogP contribution in [0.2, 0.25) is 0 Å². The number of aromatic nitrogens is 2. The topological polar surface area (TPSA) is 94.4 Å². The Bertz CT molecular complexity index is 907. The van der Waals surface area contributed by atoms with E-state index in [1.165, 1.54) is 6.20 Å². The SMILES string of the molecule is CC(C)CN(NC(=O)c1ccc(CN2CCOCC2)cc1)c1nc(C#N)ncc1Br. The molecule has 1 fully saturated rings. The Balaban J connectivity index is 1.71. The summed E-state index contributed by atoms with van der Waals surface area (Å²) >= 11 is 3.41. The average Bonchev–Trinajstić information content (AvgIpc) is 2.74. The van der Waals surface area contributed by atoms with Gasteiger partial charge in [0.1, 0.15) is 6.07 Å². The first-order chi connectivity index (χ1) is 14.5. The fourth-order valence-corrected chi connectivity index (χ4v) is 3.52. The molecular weight excluding hydrogens is 448 g/mol. The monoisotopic (exact) mass is 472 g/mol. The number of hydrazine groups is 1. The third kappa shape index (κ3) is 5.98. The number of rotatable bonds is 7. The van der Waals surface area contributed by atoms with Gasteiger partial charge in [-0.3, -0.25) is 20.1 Å². The lowest BCUT2D eigenvalue weighted by Crippen LogP contribution is -2.45. The van der Waals surface area contributed by atoms with E-state index in [-0.39, 0.29) is 17.6 Å². The molecule has 9 heteroatoms. The second-order valence-corrected chi connectivity index (χ2v) is 8.36. The summed E-state index contributed by atoms with van der Waals surface area (Å²) in [5.74, 6) is 0.516. The van der Waals surface area contributed by atoms with Gasteiger partial charge in [0, 0.05) is 37.9 Å². The van der Waals surface area contributed by atoms with Gasteiger partial charge >= 0.3 is 0 Å². The van der Waals surface area contributed by atoms with Gasteiger partial charge in [-0.2, -0.15) is 10.2 Å². The Morgan fingerprint density at radius 2 is 2.03 bits per heavy atom. The summed E-state index contributed by atoms with van der Waals surface area (Å²) in [4.78, 5) is 23.4. The minimum absolute atomic E-state index is 0.0451. The number of nitrogens with zero attached hydrogens (tertiary/aromatic N) is 5. The summed E-state index contributed by atoms with van der Waals surface area (Å²) in [7, 11) is 0. The van der Waals surface area contributed by atoms with E-state index in [2.05, 4.69) is 36.2 Å². The summed E-state index contributed by atoms with van der Waals surface area (Å²) in [6.45, 7) is 8.82. The Kier molecular flexibility index (Phi) is 7.74. The number of nitriles is 1. The number of halogens is 1. The first-order valence-electron chi connectivity index (χ1n) is 9.86. The molecule has 8 nitrogen and oxygen atoms in total. The molecular formula is C21H25BrN6O2. The lowest BCUT2D eigenvalue weighted by Gasteiger charge is -2.27. The molecule has 1 aromatic carbocycles. The van der Waals surface area contributed by atoms with Crippen molar-refractivity contribution in [1.29, 1.82) is 5.26 Å². The zero-order valence-electron chi connectivity index (χ0n) is 17.1. The number of benzene rings is 1. The van der Waals surface area contributed by atoms with Gasteiger partial charge in [0.15, 0.2) is 5.82 Å². The Hall–Kier alpha value is -2.54. The van der Waals surface area contributed by atoms with Crippen LogP contribution in [0.25, 0.3) is 0 Å². The van der Waals surface area contributed by atoms with E-state index in [9.17, 15) is 4.79 Å². The Morgan fingerprint density at radius 1 is 1.33 bits per heavy atom. The molecule has 0 unspecified atom stereocenters. The lowest BCUT2D eigenvalue weighted by molar-refractivity contribution is 0.0342. The fourth-order valence-electron chi connectivity index (χ4n) is 3.12. The van der Waals surface area contributed by atoms with Crippen LogP contribution < -0.4 is 10.4 Å². The highest BCUT2D eigenvalue weighted by Gasteiger charge is 2.19. The van der Waals surface area contributed by atoms with Crippen molar-refractivity contribution in [2.24, 2.45) is 5.92 Å². The van der Waals surface area contributed by atoms with E-state index in [1.54, 1.807) is 5.01 Å². The number of ether oxygens (including phenoxy) is 1. The maximum Gasteiger partial charge on any atom is 0.269 e. The van der Waals surface area contributed by atoms with Crippen LogP contribution in [0, 0.1) is 17.2 Å². The summed E-state index contributed by atoms with van der Waals surface area (Å²) in [5.41, 5.74) is 4.62. The van der Waals surface area contributed by atoms with Gasteiger partial charge in [0.05, 0.1) is 17.7 Å². The van der Waals surface area contributed by atoms with Crippen LogP contribution >= 0.6 is 15.9 Å². The van der Waals surface area contributed by atoms with Gasteiger partial charge in [-0.15, -0.1) is 0 Å². The van der Waals surface area contributed by atoms with Crippen molar-refractivity contribution in [3.05, 3.63) is 51.9 Å². The molecule has 2 aromatic rings. The van der Waals surface area contributed by atoms with Gasteiger partial charge in [0.2, 0.25) is 5.82 Å². The maximum absolute atomic E-state index is 12.9. The standard InChI is InChI=1S/C21H25BrN6O2/c1-15(2)13-28(20-18(22)12-24-19(11-23)25-20)26-21(29)17-5-3-16(4-6-17)14-27-7-9-30-10-8-27/h3-6,12,15H,7-10,13-14H2,1-2H3,(H,26,29). The highest BCUT2D eigenvalue weighted by molar-refractivity contribution is 9.10. The van der Waals surface area contributed by atoms with Gasteiger partial charge in [0.25, 0.3) is 5.91 Å². The molecule has 1 N–H and O–H groups in total. The predicted octanol–water partition coefficient (Wildman–Crippen LogP) is 2.75. The maximum atomic E-state index is 12.9. The first kappa shape index (κ1) is 22.2. The average molecular weight is 473 g/mol. The zero-order chi connectivity index (χ0) is 21.5. The molecule has 0 aliphatic carbocycles. The van der Waals surface area contributed by atoms with E-state index in [4.69, 9.17) is 10.00 Å². The second kappa shape index (κ2) is 10.5. The van der Waals surface area contributed by atoms with E-state index < -0.39 is 0 Å². The molecule has 2 heterocycles. The number of carbonyl (C=O) groups is 1. The Labute approximate surface area is 185 Å². The lowest BCUT2D eigenvalue weighted by atomic mass is 10.1. The number of morpholine rings is 1. The van der Waals surface area contributed by atoms with Gasteiger partial charge in [-0.05, 0) is 39.5 Å². The molecule has 1 aliphatic rings. The van der Waals surface area contributed by atoms with Crippen LogP contribution in [-0.4, -0.2) is 53.6 Å². The largest absolute Gasteiger partial charge is 0.379 e. The van der Waals surface area contributed by atoms with Crippen molar-refractivity contribution in [3.8, 4) is 6.07 Å². The first-order valence-corrected chi connectivity index (χ1v) is 10.7. The van der Waals surface area contributed by atoms with Crippen molar-refractivity contribution in [2.75, 3.05) is 37.9 Å². The molecule has 158 valence electrons. The van der Waals surface area contributed by atoms with E-state index in [0.29, 0.717) is 22.4 Å².